The molecule has 0 bridgehead atoms. The second kappa shape index (κ2) is 8.53. The molecular weight excluding hydrogens is 511 g/mol. The third-order valence-corrected chi connectivity index (χ3v) is 9.68. The number of aromatic nitrogens is 1. The monoisotopic (exact) mass is 534 g/mol. The van der Waals surface area contributed by atoms with Gasteiger partial charge in [-0.25, -0.2) is 9.37 Å². The summed E-state index contributed by atoms with van der Waals surface area (Å²) in [5.41, 5.74) is 10.4. The predicted octanol–water partition coefficient (Wildman–Crippen LogP) is 6.40. The Kier molecular flexibility index (Phi) is 5.35. The summed E-state index contributed by atoms with van der Waals surface area (Å²) in [6.45, 7) is 3.69. The van der Waals surface area contributed by atoms with Crippen molar-refractivity contribution >= 4 is 48.9 Å². The maximum absolute atomic E-state index is 14.8. The van der Waals surface area contributed by atoms with Crippen LogP contribution in [0.15, 0.2) is 24.3 Å². The maximum atomic E-state index is 14.8. The number of hydrogen-bond acceptors (Lipinski definition) is 7. The number of rotatable bonds is 4. The molecular formula is C28H24ClFN4O2S. The van der Waals surface area contributed by atoms with Gasteiger partial charge in [0.15, 0.2) is 0 Å². The minimum absolute atomic E-state index is 0.115. The second-order valence-electron chi connectivity index (χ2n) is 10.1. The van der Waals surface area contributed by atoms with Gasteiger partial charge in [-0.2, -0.15) is 5.26 Å². The smallest absolute Gasteiger partial charge is 0.213 e. The number of hydrogen-bond donors (Lipinski definition) is 1. The Bertz CT molecular complexity index is 1640. The second-order valence-corrected chi connectivity index (χ2v) is 11.6. The summed E-state index contributed by atoms with van der Waals surface area (Å²) in [6.07, 6.45) is 4.73. The summed E-state index contributed by atoms with van der Waals surface area (Å²) in [7, 11) is 0. The molecule has 2 aromatic heterocycles. The quantitative estimate of drug-likeness (QED) is 0.326. The van der Waals surface area contributed by atoms with Crippen molar-refractivity contribution in [2.24, 2.45) is 0 Å². The minimum atomic E-state index is -0.414. The van der Waals surface area contributed by atoms with Crippen LogP contribution < -0.4 is 10.5 Å². The molecule has 7 rings (SSSR count). The summed E-state index contributed by atoms with van der Waals surface area (Å²) in [4.78, 5) is 7.42. The number of anilines is 1. The molecule has 3 aliphatic heterocycles. The van der Waals surface area contributed by atoms with E-state index in [1.165, 1.54) is 18.9 Å². The normalized spacial score (nSPS) is 18.4. The lowest BCUT2D eigenvalue weighted by Gasteiger charge is -2.31. The van der Waals surface area contributed by atoms with E-state index < -0.39 is 5.82 Å². The fourth-order valence-electron chi connectivity index (χ4n) is 6.53. The summed E-state index contributed by atoms with van der Waals surface area (Å²) in [6, 6.07) is 9.14. The minimum Gasteiger partial charge on any atom is -0.476 e. The third kappa shape index (κ3) is 3.38. The van der Waals surface area contributed by atoms with Crippen LogP contribution in [0.25, 0.3) is 32.1 Å². The van der Waals surface area contributed by atoms with Crippen molar-refractivity contribution in [1.82, 2.24) is 9.88 Å². The number of nitrogens with two attached hydrogens (primary N) is 1. The highest BCUT2D eigenvalue weighted by molar-refractivity contribution is 7.23. The summed E-state index contributed by atoms with van der Waals surface area (Å²) in [5.74, 6) is 0.122. The Labute approximate surface area is 222 Å². The number of ether oxygens (including phenoxy) is 2. The van der Waals surface area contributed by atoms with Crippen LogP contribution in [0.4, 0.5) is 9.39 Å². The molecule has 3 aliphatic rings. The number of thiophene rings is 1. The zero-order valence-electron chi connectivity index (χ0n) is 20.1. The molecule has 4 aromatic rings. The molecule has 9 heteroatoms. The van der Waals surface area contributed by atoms with Crippen molar-refractivity contribution in [3.63, 3.8) is 0 Å². The van der Waals surface area contributed by atoms with Crippen LogP contribution in [-0.4, -0.2) is 35.1 Å². The van der Waals surface area contributed by atoms with Crippen LogP contribution in [0.2, 0.25) is 5.02 Å². The molecule has 2 fully saturated rings. The molecule has 5 heterocycles. The standard InChI is InChI=1S/C28H24ClFN4O2S/c29-24-22(16-3-5-20(30)26-23(16)17(11-31)27(32)37-26)19-13-35-12-18(19)15-4-6-21(33-25(15)24)36-14-28-7-1-9-34(28)10-2-8-28/h3-6H,1-2,7-10,12-14,32H2. The summed E-state index contributed by atoms with van der Waals surface area (Å²) in [5, 5.41) is 11.9. The first-order chi connectivity index (χ1) is 18.0. The third-order valence-electron chi connectivity index (χ3n) is 8.28. The highest BCUT2D eigenvalue weighted by Gasteiger charge is 2.45. The van der Waals surface area contributed by atoms with Crippen molar-refractivity contribution in [3.8, 4) is 23.1 Å². The zero-order valence-corrected chi connectivity index (χ0v) is 21.6. The average molecular weight is 535 g/mol. The molecule has 6 nitrogen and oxygen atoms in total. The topological polar surface area (TPSA) is 84.4 Å². The van der Waals surface area contributed by atoms with Gasteiger partial charge in [0.1, 0.15) is 23.5 Å². The van der Waals surface area contributed by atoms with E-state index in [0.717, 1.165) is 53.8 Å². The van der Waals surface area contributed by atoms with E-state index in [1.54, 1.807) is 6.07 Å². The van der Waals surface area contributed by atoms with Crippen LogP contribution in [0, 0.1) is 17.1 Å². The van der Waals surface area contributed by atoms with Crippen LogP contribution in [-0.2, 0) is 18.0 Å². The first-order valence-electron chi connectivity index (χ1n) is 12.5. The molecule has 0 atom stereocenters. The summed E-state index contributed by atoms with van der Waals surface area (Å²) >= 11 is 8.18. The number of nitrogens with zero attached hydrogens (tertiary/aromatic N) is 3. The van der Waals surface area contributed by atoms with Gasteiger partial charge < -0.3 is 15.2 Å². The summed E-state index contributed by atoms with van der Waals surface area (Å²) < 4.78 is 27.2. The Balaban J connectivity index is 1.39. The molecule has 2 N–H and O–H groups in total. The Morgan fingerprint density at radius 1 is 1.19 bits per heavy atom. The van der Waals surface area contributed by atoms with Gasteiger partial charge in [-0.1, -0.05) is 17.7 Å². The first kappa shape index (κ1) is 23.2. The SMILES string of the molecule is N#Cc1c(N)sc2c(F)ccc(-c3c4c(c5ccc(OCC67CCCN6CCC7)nc5c3Cl)COC4)c12. The lowest BCUT2D eigenvalue weighted by atomic mass is 9.91. The van der Waals surface area contributed by atoms with Crippen molar-refractivity contribution in [3.05, 3.63) is 51.8 Å². The maximum Gasteiger partial charge on any atom is 0.213 e. The number of nitriles is 1. The molecule has 0 radical (unpaired) electrons. The van der Waals surface area contributed by atoms with Crippen LogP contribution in [0.1, 0.15) is 42.4 Å². The van der Waals surface area contributed by atoms with Gasteiger partial charge in [0, 0.05) is 22.4 Å². The Morgan fingerprint density at radius 3 is 2.76 bits per heavy atom. The number of benzene rings is 2. The fraction of sp³-hybridized carbons (Fsp3) is 0.357. The molecule has 188 valence electrons. The van der Waals surface area contributed by atoms with Crippen LogP contribution in [0.3, 0.4) is 0 Å². The molecule has 0 amide bonds. The molecule has 2 saturated heterocycles. The molecule has 0 unspecified atom stereocenters. The van der Waals surface area contributed by atoms with Gasteiger partial charge in [0.05, 0.1) is 39.6 Å². The number of fused-ring (bicyclic) bond motifs is 5. The Hall–Kier alpha value is -2.96. The largest absolute Gasteiger partial charge is 0.476 e. The zero-order chi connectivity index (χ0) is 25.3. The van der Waals surface area contributed by atoms with Crippen molar-refractivity contribution in [1.29, 1.82) is 5.26 Å². The lowest BCUT2D eigenvalue weighted by molar-refractivity contribution is 0.111. The van der Waals surface area contributed by atoms with E-state index in [1.807, 2.05) is 12.1 Å². The first-order valence-corrected chi connectivity index (χ1v) is 13.7. The fourth-order valence-corrected chi connectivity index (χ4v) is 7.84. The molecule has 2 aromatic carbocycles. The van der Waals surface area contributed by atoms with Crippen molar-refractivity contribution in [2.75, 3.05) is 25.4 Å². The number of nitrogen functional groups attached to an aromatic ring is 1. The van der Waals surface area contributed by atoms with E-state index in [0.29, 0.717) is 57.5 Å². The highest BCUT2D eigenvalue weighted by atomic mass is 35.5. The van der Waals surface area contributed by atoms with E-state index >= 15 is 0 Å². The highest BCUT2D eigenvalue weighted by Crippen LogP contribution is 2.48. The van der Waals surface area contributed by atoms with E-state index in [4.69, 9.17) is 31.8 Å². The number of halogens is 2. The van der Waals surface area contributed by atoms with Gasteiger partial charge >= 0.3 is 0 Å². The molecule has 0 aliphatic carbocycles. The number of pyridine rings is 1. The molecule has 0 saturated carbocycles. The van der Waals surface area contributed by atoms with Gasteiger partial charge in [0.2, 0.25) is 5.88 Å². The van der Waals surface area contributed by atoms with Gasteiger partial charge in [-0.05, 0) is 67.6 Å². The van der Waals surface area contributed by atoms with Crippen molar-refractivity contribution in [2.45, 2.75) is 44.4 Å². The predicted molar refractivity (Wildman–Crippen MR) is 143 cm³/mol. The molecule has 0 spiro atoms. The molecule has 37 heavy (non-hydrogen) atoms. The van der Waals surface area contributed by atoms with Gasteiger partial charge in [-0.3, -0.25) is 4.90 Å². The van der Waals surface area contributed by atoms with Crippen LogP contribution >= 0.6 is 22.9 Å². The lowest BCUT2D eigenvalue weighted by Crippen LogP contribution is -2.43. The van der Waals surface area contributed by atoms with E-state index in [2.05, 4.69) is 11.0 Å². The van der Waals surface area contributed by atoms with Gasteiger partial charge in [-0.15, -0.1) is 11.3 Å². The average Bonchev–Trinajstić information content (AvgIpc) is 3.67. The van der Waals surface area contributed by atoms with Gasteiger partial charge in [0.25, 0.3) is 0 Å². The Morgan fingerprint density at radius 2 is 1.97 bits per heavy atom. The van der Waals surface area contributed by atoms with E-state index in [-0.39, 0.29) is 16.1 Å². The van der Waals surface area contributed by atoms with Crippen LogP contribution in [0.5, 0.6) is 5.88 Å². The van der Waals surface area contributed by atoms with Crippen molar-refractivity contribution < 1.29 is 13.9 Å². The van der Waals surface area contributed by atoms with E-state index in [9.17, 15) is 9.65 Å².